The number of ether oxygens (including phenoxy) is 4. The fourth-order valence-corrected chi connectivity index (χ4v) is 3.62. The van der Waals surface area contributed by atoms with Gasteiger partial charge in [0.1, 0.15) is 6.10 Å². The van der Waals surface area contributed by atoms with Gasteiger partial charge in [0.25, 0.3) is 0 Å². The first-order chi connectivity index (χ1) is 13.6. The van der Waals surface area contributed by atoms with Crippen LogP contribution in [0.1, 0.15) is 17.2 Å². The van der Waals surface area contributed by atoms with Crippen molar-refractivity contribution in [3.8, 4) is 17.2 Å². The zero-order valence-electron chi connectivity index (χ0n) is 16.4. The number of benzene rings is 2. The number of methoxy groups -OCH3 is 3. The summed E-state index contributed by atoms with van der Waals surface area (Å²) < 4.78 is 35.4. The summed E-state index contributed by atoms with van der Waals surface area (Å²) in [6.07, 6.45) is -0.380. The number of halogens is 1. The molecule has 1 heterocycles. The normalized spacial score (nSPS) is 20.0. The van der Waals surface area contributed by atoms with Gasteiger partial charge < -0.3 is 24.1 Å². The lowest BCUT2D eigenvalue weighted by Crippen LogP contribution is -2.46. The van der Waals surface area contributed by atoms with Gasteiger partial charge in [-0.3, -0.25) is 4.90 Å². The Kier molecular flexibility index (Phi) is 6.72. The Bertz CT molecular complexity index is 800. The first-order valence-corrected chi connectivity index (χ1v) is 9.12. The lowest BCUT2D eigenvalue weighted by Gasteiger charge is -2.41. The van der Waals surface area contributed by atoms with Crippen LogP contribution in [0.2, 0.25) is 0 Å². The number of nitrogens with zero attached hydrogens (tertiary/aromatic N) is 1. The molecule has 0 bridgehead atoms. The highest BCUT2D eigenvalue weighted by molar-refractivity contribution is 5.44. The van der Waals surface area contributed by atoms with Crippen LogP contribution in [-0.2, 0) is 11.3 Å². The molecule has 2 aromatic rings. The molecular formula is C21H26FNO5. The number of hydrogen-bond acceptors (Lipinski definition) is 6. The van der Waals surface area contributed by atoms with Gasteiger partial charge in [-0.2, -0.15) is 0 Å². The molecule has 0 amide bonds. The summed E-state index contributed by atoms with van der Waals surface area (Å²) in [5.41, 5.74) is 1.87. The van der Waals surface area contributed by atoms with Crippen molar-refractivity contribution in [2.75, 3.05) is 41.1 Å². The first kappa shape index (κ1) is 20.4. The molecular weight excluding hydrogens is 365 g/mol. The standard InChI is InChI=1S/C21H26FNO5/c1-25-17-7-5-15(11-19(17)27-3)21-20(13-24)28-9-8-23(21)12-14-4-6-16(22)18(10-14)26-2/h4-7,10-11,20-21,24H,8-9,12-13H2,1-3H3/t20-,21-/m1/s1. The minimum Gasteiger partial charge on any atom is -0.494 e. The molecule has 0 unspecified atom stereocenters. The third kappa shape index (κ3) is 4.22. The van der Waals surface area contributed by atoms with E-state index in [0.29, 0.717) is 31.2 Å². The summed E-state index contributed by atoms with van der Waals surface area (Å²) in [5.74, 6) is 1.08. The van der Waals surface area contributed by atoms with E-state index in [1.807, 2.05) is 18.2 Å². The summed E-state index contributed by atoms with van der Waals surface area (Å²) in [6, 6.07) is 10.4. The average molecular weight is 391 g/mol. The molecule has 2 aromatic carbocycles. The molecule has 0 radical (unpaired) electrons. The van der Waals surface area contributed by atoms with Crippen molar-refractivity contribution in [3.05, 3.63) is 53.3 Å². The maximum absolute atomic E-state index is 13.7. The maximum Gasteiger partial charge on any atom is 0.165 e. The van der Waals surface area contributed by atoms with Crippen LogP contribution in [0, 0.1) is 5.82 Å². The molecule has 0 aromatic heterocycles. The van der Waals surface area contributed by atoms with Crippen molar-refractivity contribution < 1.29 is 28.4 Å². The molecule has 6 nitrogen and oxygen atoms in total. The van der Waals surface area contributed by atoms with Crippen LogP contribution in [0.4, 0.5) is 4.39 Å². The Hall–Kier alpha value is -2.35. The SMILES string of the molecule is COc1cc(CN2CCO[C@H](CO)[C@H]2c2ccc(OC)c(OC)c2)ccc1F. The second-order valence-electron chi connectivity index (χ2n) is 6.59. The van der Waals surface area contributed by atoms with Crippen molar-refractivity contribution in [2.45, 2.75) is 18.7 Å². The summed E-state index contributed by atoms with van der Waals surface area (Å²) in [5, 5.41) is 9.88. The fraction of sp³-hybridized carbons (Fsp3) is 0.429. The first-order valence-electron chi connectivity index (χ1n) is 9.12. The number of hydrogen-bond donors (Lipinski definition) is 1. The van der Waals surface area contributed by atoms with Gasteiger partial charge >= 0.3 is 0 Å². The molecule has 2 atom stereocenters. The highest BCUT2D eigenvalue weighted by Crippen LogP contribution is 2.36. The van der Waals surface area contributed by atoms with Crippen LogP contribution < -0.4 is 14.2 Å². The third-order valence-corrected chi connectivity index (χ3v) is 4.99. The van der Waals surface area contributed by atoms with Gasteiger partial charge in [0.05, 0.1) is 40.6 Å². The molecule has 1 aliphatic rings. The Balaban J connectivity index is 1.92. The van der Waals surface area contributed by atoms with Gasteiger partial charge in [0.15, 0.2) is 23.1 Å². The quantitative estimate of drug-likeness (QED) is 0.783. The van der Waals surface area contributed by atoms with Crippen LogP contribution in [0.3, 0.4) is 0 Å². The number of morpholine rings is 1. The van der Waals surface area contributed by atoms with Gasteiger partial charge in [-0.1, -0.05) is 12.1 Å². The van der Waals surface area contributed by atoms with E-state index in [4.69, 9.17) is 18.9 Å². The lowest BCUT2D eigenvalue weighted by molar-refractivity contribution is -0.0961. The van der Waals surface area contributed by atoms with Crippen LogP contribution in [0.25, 0.3) is 0 Å². The minimum atomic E-state index is -0.391. The molecule has 0 saturated carbocycles. The summed E-state index contributed by atoms with van der Waals surface area (Å²) >= 11 is 0. The van der Waals surface area contributed by atoms with Crippen molar-refractivity contribution in [3.63, 3.8) is 0 Å². The second-order valence-corrected chi connectivity index (χ2v) is 6.59. The molecule has 7 heteroatoms. The van der Waals surface area contributed by atoms with Gasteiger partial charge in [-0.05, 0) is 35.4 Å². The minimum absolute atomic E-state index is 0.109. The van der Waals surface area contributed by atoms with E-state index < -0.39 is 5.82 Å². The van der Waals surface area contributed by atoms with E-state index in [1.54, 1.807) is 26.4 Å². The van der Waals surface area contributed by atoms with E-state index in [-0.39, 0.29) is 24.5 Å². The maximum atomic E-state index is 13.7. The van der Waals surface area contributed by atoms with Crippen molar-refractivity contribution >= 4 is 0 Å². The van der Waals surface area contributed by atoms with E-state index in [2.05, 4.69) is 4.90 Å². The van der Waals surface area contributed by atoms with Crippen molar-refractivity contribution in [1.82, 2.24) is 4.90 Å². The summed E-state index contributed by atoms with van der Waals surface area (Å²) in [7, 11) is 4.63. The smallest absolute Gasteiger partial charge is 0.165 e. The molecule has 1 aliphatic heterocycles. The fourth-order valence-electron chi connectivity index (χ4n) is 3.62. The van der Waals surface area contributed by atoms with Crippen LogP contribution in [-0.4, -0.2) is 57.2 Å². The van der Waals surface area contributed by atoms with Crippen molar-refractivity contribution in [2.24, 2.45) is 0 Å². The molecule has 152 valence electrons. The molecule has 3 rings (SSSR count). The van der Waals surface area contributed by atoms with E-state index >= 15 is 0 Å². The Labute approximate surface area is 164 Å². The van der Waals surface area contributed by atoms with Gasteiger partial charge in [-0.25, -0.2) is 4.39 Å². The summed E-state index contributed by atoms with van der Waals surface area (Å²) in [4.78, 5) is 2.21. The van der Waals surface area contributed by atoms with Gasteiger partial charge in [-0.15, -0.1) is 0 Å². The molecule has 1 saturated heterocycles. The highest BCUT2D eigenvalue weighted by Gasteiger charge is 2.34. The monoisotopic (exact) mass is 391 g/mol. The number of rotatable bonds is 7. The van der Waals surface area contributed by atoms with Crippen molar-refractivity contribution in [1.29, 1.82) is 0 Å². The molecule has 0 spiro atoms. The predicted molar refractivity (Wildman–Crippen MR) is 102 cm³/mol. The summed E-state index contributed by atoms with van der Waals surface area (Å²) in [6.45, 7) is 1.64. The Morgan fingerprint density at radius 1 is 1.04 bits per heavy atom. The van der Waals surface area contributed by atoms with Crippen LogP contribution in [0.5, 0.6) is 17.2 Å². The Morgan fingerprint density at radius 2 is 1.79 bits per heavy atom. The number of aliphatic hydroxyl groups excluding tert-OH is 1. The predicted octanol–water partition coefficient (Wildman–Crippen LogP) is 2.79. The van der Waals surface area contributed by atoms with E-state index in [1.165, 1.54) is 13.2 Å². The average Bonchev–Trinajstić information content (AvgIpc) is 2.74. The largest absolute Gasteiger partial charge is 0.494 e. The van der Waals surface area contributed by atoms with E-state index in [9.17, 15) is 9.50 Å². The zero-order valence-corrected chi connectivity index (χ0v) is 16.4. The molecule has 1 fully saturated rings. The van der Waals surface area contributed by atoms with E-state index in [0.717, 1.165) is 11.1 Å². The Morgan fingerprint density at radius 3 is 2.46 bits per heavy atom. The molecule has 28 heavy (non-hydrogen) atoms. The topological polar surface area (TPSA) is 60.4 Å². The van der Waals surface area contributed by atoms with Crippen LogP contribution in [0.15, 0.2) is 36.4 Å². The number of aliphatic hydroxyl groups is 1. The third-order valence-electron chi connectivity index (χ3n) is 4.99. The van der Waals surface area contributed by atoms with Gasteiger partial charge in [0.2, 0.25) is 0 Å². The lowest BCUT2D eigenvalue weighted by atomic mass is 9.97. The molecule has 1 N–H and O–H groups in total. The van der Waals surface area contributed by atoms with Crippen LogP contribution >= 0.6 is 0 Å². The highest BCUT2D eigenvalue weighted by atomic mass is 19.1. The van der Waals surface area contributed by atoms with Gasteiger partial charge in [0, 0.05) is 13.1 Å². The zero-order chi connectivity index (χ0) is 20.1. The second kappa shape index (κ2) is 9.23. The molecule has 0 aliphatic carbocycles.